The van der Waals surface area contributed by atoms with Crippen molar-refractivity contribution >= 4 is 33.0 Å². The first-order valence-corrected chi connectivity index (χ1v) is 11.8. The molecule has 148 valence electrons. The Kier molecular flexibility index (Phi) is 6.94. The zero-order valence-electron chi connectivity index (χ0n) is 15.5. The van der Waals surface area contributed by atoms with E-state index in [0.29, 0.717) is 26.2 Å². The first-order chi connectivity index (χ1) is 12.8. The van der Waals surface area contributed by atoms with Crippen molar-refractivity contribution in [2.45, 2.75) is 32.6 Å². The third kappa shape index (κ3) is 5.53. The summed E-state index contributed by atoms with van der Waals surface area (Å²) in [5.74, 6) is 0.0924. The van der Waals surface area contributed by atoms with Gasteiger partial charge in [0, 0.05) is 46.5 Å². The number of sulfonamides is 1. The maximum absolute atomic E-state index is 12.5. The molecular weight excluding hydrogens is 404 g/mol. The second-order valence-electron chi connectivity index (χ2n) is 6.81. The Balaban J connectivity index is 1.50. The van der Waals surface area contributed by atoms with Crippen LogP contribution >= 0.6 is 22.9 Å². The summed E-state index contributed by atoms with van der Waals surface area (Å²) in [7, 11) is -3.27. The van der Waals surface area contributed by atoms with Gasteiger partial charge in [0.2, 0.25) is 10.0 Å². The monoisotopic (exact) mass is 428 g/mol. The van der Waals surface area contributed by atoms with E-state index in [2.05, 4.69) is 17.4 Å². The van der Waals surface area contributed by atoms with Crippen LogP contribution in [0.5, 0.6) is 0 Å². The zero-order valence-corrected chi connectivity index (χ0v) is 17.9. The Morgan fingerprint density at radius 2 is 1.89 bits per heavy atom. The van der Waals surface area contributed by atoms with Gasteiger partial charge in [-0.25, -0.2) is 8.42 Å². The lowest BCUT2D eigenvalue weighted by atomic mass is 10.2. The van der Waals surface area contributed by atoms with Crippen molar-refractivity contribution in [3.8, 4) is 10.4 Å². The highest BCUT2D eigenvalue weighted by atomic mass is 35.5. The highest BCUT2D eigenvalue weighted by molar-refractivity contribution is 7.89. The molecule has 0 unspecified atom stereocenters. The van der Waals surface area contributed by atoms with E-state index in [4.69, 9.17) is 16.3 Å². The molecule has 1 aromatic heterocycles. The molecule has 1 N–H and O–H groups in total. The number of hydrogen-bond acceptors (Lipinski definition) is 5. The Morgan fingerprint density at radius 1 is 1.19 bits per heavy atom. The summed E-state index contributed by atoms with van der Waals surface area (Å²) in [6, 6.07) is 11.9. The van der Waals surface area contributed by atoms with Crippen molar-refractivity contribution in [2.75, 3.05) is 25.4 Å². The third-order valence-electron chi connectivity index (χ3n) is 4.42. The molecule has 2 aromatic rings. The van der Waals surface area contributed by atoms with E-state index < -0.39 is 10.0 Å². The molecule has 27 heavy (non-hydrogen) atoms. The van der Waals surface area contributed by atoms with Gasteiger partial charge in [-0.1, -0.05) is 29.8 Å². The second-order valence-corrected chi connectivity index (χ2v) is 10.5. The van der Waals surface area contributed by atoms with Crippen LogP contribution in [0, 0.1) is 0 Å². The Morgan fingerprint density at radius 3 is 2.59 bits per heavy atom. The largest absolute Gasteiger partial charge is 0.373 e. The summed E-state index contributed by atoms with van der Waals surface area (Å²) >= 11 is 7.91. The quantitative estimate of drug-likeness (QED) is 0.684. The van der Waals surface area contributed by atoms with Gasteiger partial charge in [0.25, 0.3) is 0 Å². The van der Waals surface area contributed by atoms with Crippen molar-refractivity contribution in [2.24, 2.45) is 0 Å². The highest BCUT2D eigenvalue weighted by Gasteiger charge is 2.30. The lowest BCUT2D eigenvalue weighted by Crippen LogP contribution is -2.49. The van der Waals surface area contributed by atoms with Gasteiger partial charge >= 0.3 is 0 Å². The van der Waals surface area contributed by atoms with Crippen LogP contribution in [-0.4, -0.2) is 50.3 Å². The summed E-state index contributed by atoms with van der Waals surface area (Å²) in [6.45, 7) is 5.73. The first kappa shape index (κ1) is 20.8. The van der Waals surface area contributed by atoms with Gasteiger partial charge in [0.05, 0.1) is 18.0 Å². The fourth-order valence-electron chi connectivity index (χ4n) is 3.18. The molecule has 0 saturated carbocycles. The van der Waals surface area contributed by atoms with Gasteiger partial charge in [0.1, 0.15) is 0 Å². The number of nitrogens with zero attached hydrogens (tertiary/aromatic N) is 1. The van der Waals surface area contributed by atoms with Gasteiger partial charge < -0.3 is 10.1 Å². The molecule has 0 bridgehead atoms. The molecule has 0 radical (unpaired) electrons. The zero-order chi connectivity index (χ0) is 19.4. The number of thiophene rings is 1. The van der Waals surface area contributed by atoms with Crippen LogP contribution in [0.1, 0.15) is 18.7 Å². The number of benzene rings is 1. The second kappa shape index (κ2) is 9.03. The minimum absolute atomic E-state index is 0.0640. The molecule has 1 fully saturated rings. The Labute approximate surface area is 170 Å². The predicted octanol–water partition coefficient (Wildman–Crippen LogP) is 3.60. The Hall–Kier alpha value is -0.960. The number of nitrogens with one attached hydrogen (secondary N) is 1. The van der Waals surface area contributed by atoms with Crippen LogP contribution < -0.4 is 5.32 Å². The Bertz CT molecular complexity index is 859. The van der Waals surface area contributed by atoms with Gasteiger partial charge in [-0.15, -0.1) is 11.3 Å². The van der Waals surface area contributed by atoms with E-state index in [-0.39, 0.29) is 18.0 Å². The van der Waals surface area contributed by atoms with E-state index in [1.165, 1.54) is 0 Å². The average molecular weight is 429 g/mol. The summed E-state index contributed by atoms with van der Waals surface area (Å²) in [6.07, 6.45) is -0.128. The van der Waals surface area contributed by atoms with Gasteiger partial charge in [-0.2, -0.15) is 4.31 Å². The fourth-order valence-corrected chi connectivity index (χ4v) is 6.02. The van der Waals surface area contributed by atoms with Gasteiger partial charge in [-0.3, -0.25) is 0 Å². The van der Waals surface area contributed by atoms with Crippen LogP contribution in [0.25, 0.3) is 10.4 Å². The van der Waals surface area contributed by atoms with Crippen molar-refractivity contribution in [3.63, 3.8) is 0 Å². The molecule has 0 spiro atoms. The minimum atomic E-state index is -3.27. The van der Waals surface area contributed by atoms with Crippen molar-refractivity contribution < 1.29 is 13.2 Å². The fraction of sp³-hybridized carbons (Fsp3) is 0.474. The van der Waals surface area contributed by atoms with Crippen LogP contribution in [-0.2, 0) is 21.3 Å². The molecule has 1 aliphatic heterocycles. The van der Waals surface area contributed by atoms with E-state index in [9.17, 15) is 8.42 Å². The van der Waals surface area contributed by atoms with E-state index >= 15 is 0 Å². The van der Waals surface area contributed by atoms with Crippen LogP contribution in [0.15, 0.2) is 36.4 Å². The number of rotatable bonds is 7. The lowest BCUT2D eigenvalue weighted by molar-refractivity contribution is -0.0440. The van der Waals surface area contributed by atoms with E-state index in [0.717, 1.165) is 20.3 Å². The maximum Gasteiger partial charge on any atom is 0.215 e. The van der Waals surface area contributed by atoms with Crippen molar-refractivity contribution in [1.29, 1.82) is 0 Å². The highest BCUT2D eigenvalue weighted by Crippen LogP contribution is 2.33. The molecule has 0 aliphatic carbocycles. The standard InChI is InChI=1S/C19H25ClN2O3S2/c1-14-12-22(13-15(2)25-14)27(23,24)10-9-21-11-16-7-8-19(26-16)17-5-3-4-6-18(17)20/h3-8,14-15,21H,9-13H2,1-2H3/t14-,15+. The summed E-state index contributed by atoms with van der Waals surface area (Å²) in [5, 5.41) is 3.97. The number of halogens is 1. The molecule has 5 nitrogen and oxygen atoms in total. The van der Waals surface area contributed by atoms with E-state index in [1.807, 2.05) is 38.1 Å². The van der Waals surface area contributed by atoms with Gasteiger partial charge in [0.15, 0.2) is 0 Å². The van der Waals surface area contributed by atoms with Crippen LogP contribution in [0.2, 0.25) is 5.02 Å². The molecule has 1 saturated heterocycles. The number of morpholine rings is 1. The molecule has 1 aliphatic rings. The summed E-state index contributed by atoms with van der Waals surface area (Å²) in [5.41, 5.74) is 1.02. The number of hydrogen-bond donors (Lipinski definition) is 1. The molecule has 2 heterocycles. The molecule has 3 rings (SSSR count). The number of ether oxygens (including phenoxy) is 1. The van der Waals surface area contributed by atoms with Crippen LogP contribution in [0.3, 0.4) is 0 Å². The van der Waals surface area contributed by atoms with Crippen molar-refractivity contribution in [3.05, 3.63) is 46.3 Å². The molecule has 8 heteroatoms. The van der Waals surface area contributed by atoms with E-state index in [1.54, 1.807) is 15.6 Å². The molecular formula is C19H25ClN2O3S2. The summed E-state index contributed by atoms with van der Waals surface area (Å²) in [4.78, 5) is 2.26. The average Bonchev–Trinajstić information content (AvgIpc) is 3.07. The minimum Gasteiger partial charge on any atom is -0.373 e. The van der Waals surface area contributed by atoms with Crippen molar-refractivity contribution in [1.82, 2.24) is 9.62 Å². The lowest BCUT2D eigenvalue weighted by Gasteiger charge is -2.34. The third-order valence-corrected chi connectivity index (χ3v) is 7.67. The normalized spacial score (nSPS) is 21.4. The van der Waals surface area contributed by atoms with Gasteiger partial charge in [-0.05, 0) is 32.0 Å². The smallest absolute Gasteiger partial charge is 0.215 e. The predicted molar refractivity (Wildman–Crippen MR) is 112 cm³/mol. The molecule has 1 aromatic carbocycles. The maximum atomic E-state index is 12.5. The topological polar surface area (TPSA) is 58.6 Å². The SMILES string of the molecule is C[C@@H]1CN(S(=O)(=O)CCNCc2ccc(-c3ccccc3Cl)s2)C[C@H](C)O1. The molecule has 2 atom stereocenters. The summed E-state index contributed by atoms with van der Waals surface area (Å²) < 4.78 is 32.2. The van der Waals surface area contributed by atoms with Crippen LogP contribution in [0.4, 0.5) is 0 Å². The molecule has 0 amide bonds. The first-order valence-electron chi connectivity index (χ1n) is 9.03.